The van der Waals surface area contributed by atoms with E-state index in [4.69, 9.17) is 16.6 Å². The van der Waals surface area contributed by atoms with Crippen LogP contribution >= 0.6 is 11.6 Å². The van der Waals surface area contributed by atoms with Crippen molar-refractivity contribution in [3.05, 3.63) is 64.2 Å². The fourth-order valence-electron chi connectivity index (χ4n) is 4.49. The molecule has 1 atom stereocenters. The second-order valence-corrected chi connectivity index (χ2v) is 9.13. The Hall–Kier alpha value is -1.88. The Kier molecular flexibility index (Phi) is 5.69. The molecule has 2 heterocycles. The van der Waals surface area contributed by atoms with Gasteiger partial charge >= 0.3 is 0 Å². The summed E-state index contributed by atoms with van der Waals surface area (Å²) in [5.74, 6) is 0.284. The molecular formula is C24H30ClN3O. The van der Waals surface area contributed by atoms with Crippen LogP contribution in [0.25, 0.3) is 0 Å². The number of likely N-dealkylation sites (tertiary alicyclic amines) is 1. The van der Waals surface area contributed by atoms with Gasteiger partial charge in [-0.05, 0) is 57.4 Å². The quantitative estimate of drug-likeness (QED) is 0.740. The van der Waals surface area contributed by atoms with Crippen LogP contribution in [0.2, 0.25) is 5.02 Å². The first-order chi connectivity index (χ1) is 13.8. The van der Waals surface area contributed by atoms with E-state index in [1.165, 1.54) is 5.56 Å². The van der Waals surface area contributed by atoms with Gasteiger partial charge in [0.1, 0.15) is 11.4 Å². The second kappa shape index (κ2) is 8.10. The van der Waals surface area contributed by atoms with Crippen LogP contribution in [0.5, 0.6) is 5.75 Å². The van der Waals surface area contributed by atoms with E-state index in [0.29, 0.717) is 11.1 Å². The van der Waals surface area contributed by atoms with Crippen LogP contribution in [-0.4, -0.2) is 40.5 Å². The maximum atomic E-state index is 10.5. The van der Waals surface area contributed by atoms with Gasteiger partial charge in [-0.3, -0.25) is 10.3 Å². The highest BCUT2D eigenvalue weighted by Crippen LogP contribution is 2.38. The molecule has 2 aliphatic rings. The van der Waals surface area contributed by atoms with Gasteiger partial charge in [-0.25, -0.2) is 0 Å². The number of benzene rings is 2. The van der Waals surface area contributed by atoms with Gasteiger partial charge < -0.3 is 10.0 Å². The van der Waals surface area contributed by atoms with Gasteiger partial charge in [-0.2, -0.15) is 0 Å². The number of aromatic hydroxyl groups is 1. The molecule has 29 heavy (non-hydrogen) atoms. The van der Waals surface area contributed by atoms with Crippen molar-refractivity contribution in [2.75, 3.05) is 13.1 Å². The van der Waals surface area contributed by atoms with E-state index in [1.807, 2.05) is 6.07 Å². The average molecular weight is 412 g/mol. The molecule has 2 aliphatic heterocycles. The van der Waals surface area contributed by atoms with Crippen molar-refractivity contribution in [1.82, 2.24) is 10.2 Å². The Morgan fingerprint density at radius 1 is 1.14 bits per heavy atom. The summed E-state index contributed by atoms with van der Waals surface area (Å²) in [5, 5.41) is 15.0. The van der Waals surface area contributed by atoms with E-state index in [0.717, 1.165) is 49.2 Å². The van der Waals surface area contributed by atoms with E-state index in [9.17, 15) is 5.11 Å². The Labute approximate surface area is 178 Å². The molecule has 1 fully saturated rings. The van der Waals surface area contributed by atoms with Gasteiger partial charge in [0, 0.05) is 47.9 Å². The van der Waals surface area contributed by atoms with Crippen molar-refractivity contribution in [2.45, 2.75) is 57.8 Å². The smallest absolute Gasteiger partial charge is 0.120 e. The summed E-state index contributed by atoms with van der Waals surface area (Å²) >= 11 is 6.26. The SMILES string of the molecule is Cc1ccc(C2=NC3(CCN(C(C)C)CC3)NC(c3cc(Cl)ccc3O)C2)cc1. The molecule has 2 aromatic rings. The third-order valence-electron chi connectivity index (χ3n) is 6.29. The highest BCUT2D eigenvalue weighted by molar-refractivity contribution is 6.30. The summed E-state index contributed by atoms with van der Waals surface area (Å²) in [5.41, 5.74) is 4.05. The summed E-state index contributed by atoms with van der Waals surface area (Å²) in [4.78, 5) is 7.77. The van der Waals surface area contributed by atoms with Gasteiger partial charge in [-0.15, -0.1) is 0 Å². The number of hydrogen-bond donors (Lipinski definition) is 2. The van der Waals surface area contributed by atoms with Crippen molar-refractivity contribution < 1.29 is 5.11 Å². The standard InChI is InChI=1S/C24H30ClN3O/c1-16(2)28-12-10-24(11-13-28)26-21(18-6-4-17(3)5-7-18)15-22(27-24)20-14-19(25)8-9-23(20)29/h4-9,14,16,22,27,29H,10-13,15H2,1-3H3. The van der Waals surface area contributed by atoms with Crippen molar-refractivity contribution in [1.29, 1.82) is 0 Å². The van der Waals surface area contributed by atoms with Crippen LogP contribution in [0.15, 0.2) is 47.5 Å². The number of hydrogen-bond acceptors (Lipinski definition) is 4. The molecule has 154 valence electrons. The molecule has 4 rings (SSSR count). The number of phenols is 1. The fraction of sp³-hybridized carbons (Fsp3) is 0.458. The maximum Gasteiger partial charge on any atom is 0.120 e. The van der Waals surface area contributed by atoms with Gasteiger partial charge in [0.2, 0.25) is 0 Å². The number of nitrogens with zero attached hydrogens (tertiary/aromatic N) is 2. The van der Waals surface area contributed by atoms with Crippen LogP contribution in [0, 0.1) is 6.92 Å². The van der Waals surface area contributed by atoms with E-state index in [2.05, 4.69) is 55.3 Å². The Morgan fingerprint density at radius 2 is 1.83 bits per heavy atom. The molecule has 1 unspecified atom stereocenters. The minimum absolute atomic E-state index is 0.0203. The lowest BCUT2D eigenvalue weighted by molar-refractivity contribution is 0.103. The minimum atomic E-state index is -0.302. The molecule has 1 spiro atoms. The molecule has 2 N–H and O–H groups in total. The van der Waals surface area contributed by atoms with Crippen molar-refractivity contribution in [3.63, 3.8) is 0 Å². The fourth-order valence-corrected chi connectivity index (χ4v) is 4.67. The average Bonchev–Trinajstić information content (AvgIpc) is 2.70. The largest absolute Gasteiger partial charge is 0.508 e. The van der Waals surface area contributed by atoms with Gasteiger partial charge in [0.05, 0.1) is 0 Å². The lowest BCUT2D eigenvalue weighted by Crippen LogP contribution is -2.56. The zero-order valence-electron chi connectivity index (χ0n) is 17.5. The Bertz CT molecular complexity index is 899. The third-order valence-corrected chi connectivity index (χ3v) is 6.53. The Balaban J connectivity index is 1.71. The van der Waals surface area contributed by atoms with Gasteiger partial charge in [0.15, 0.2) is 0 Å². The predicted molar refractivity (Wildman–Crippen MR) is 120 cm³/mol. The van der Waals surface area contributed by atoms with Crippen molar-refractivity contribution in [3.8, 4) is 5.75 Å². The lowest BCUT2D eigenvalue weighted by atomic mass is 9.87. The van der Waals surface area contributed by atoms with Crippen molar-refractivity contribution in [2.24, 2.45) is 4.99 Å². The van der Waals surface area contributed by atoms with E-state index >= 15 is 0 Å². The summed E-state index contributed by atoms with van der Waals surface area (Å²) in [6.07, 6.45) is 2.64. The summed E-state index contributed by atoms with van der Waals surface area (Å²) in [6.45, 7) is 8.64. The molecule has 0 amide bonds. The van der Waals surface area contributed by atoms with E-state index in [1.54, 1.807) is 12.1 Å². The zero-order chi connectivity index (χ0) is 20.6. The van der Waals surface area contributed by atoms with Crippen LogP contribution in [-0.2, 0) is 0 Å². The number of nitrogens with one attached hydrogen (secondary N) is 1. The highest BCUT2D eigenvalue weighted by Gasteiger charge is 2.40. The monoisotopic (exact) mass is 411 g/mol. The summed E-state index contributed by atoms with van der Waals surface area (Å²) in [6, 6.07) is 14.4. The number of phenolic OH excluding ortho intramolecular Hbond substituents is 1. The normalized spacial score (nSPS) is 22.1. The Morgan fingerprint density at radius 3 is 2.48 bits per heavy atom. The van der Waals surface area contributed by atoms with Crippen LogP contribution in [0.1, 0.15) is 55.8 Å². The van der Waals surface area contributed by atoms with Gasteiger partial charge in [0.25, 0.3) is 0 Å². The molecule has 2 aromatic carbocycles. The number of halogens is 1. The zero-order valence-corrected chi connectivity index (χ0v) is 18.2. The second-order valence-electron chi connectivity index (χ2n) is 8.69. The molecule has 1 saturated heterocycles. The molecule has 5 heteroatoms. The van der Waals surface area contributed by atoms with E-state index in [-0.39, 0.29) is 17.5 Å². The minimum Gasteiger partial charge on any atom is -0.508 e. The first-order valence-electron chi connectivity index (χ1n) is 10.5. The number of aliphatic imine (C=N–C) groups is 1. The lowest BCUT2D eigenvalue weighted by Gasteiger charge is -2.46. The first-order valence-corrected chi connectivity index (χ1v) is 10.9. The van der Waals surface area contributed by atoms with Crippen molar-refractivity contribution >= 4 is 17.3 Å². The number of rotatable bonds is 3. The molecule has 0 radical (unpaired) electrons. The van der Waals surface area contributed by atoms with Gasteiger partial charge in [-0.1, -0.05) is 41.4 Å². The van der Waals surface area contributed by atoms with Crippen LogP contribution < -0.4 is 5.32 Å². The van der Waals surface area contributed by atoms with Crippen LogP contribution in [0.4, 0.5) is 0 Å². The van der Waals surface area contributed by atoms with E-state index < -0.39 is 0 Å². The molecule has 0 aromatic heterocycles. The molecule has 0 saturated carbocycles. The number of piperidine rings is 1. The predicted octanol–water partition coefficient (Wildman–Crippen LogP) is 5.08. The molecule has 4 nitrogen and oxygen atoms in total. The highest BCUT2D eigenvalue weighted by atomic mass is 35.5. The van der Waals surface area contributed by atoms with Crippen LogP contribution in [0.3, 0.4) is 0 Å². The first kappa shape index (κ1) is 20.4. The number of aryl methyl sites for hydroxylation is 1. The molecule has 0 bridgehead atoms. The maximum absolute atomic E-state index is 10.5. The summed E-state index contributed by atoms with van der Waals surface area (Å²) in [7, 11) is 0. The third kappa shape index (κ3) is 4.35. The molecule has 0 aliphatic carbocycles. The summed E-state index contributed by atoms with van der Waals surface area (Å²) < 4.78 is 0. The molecular weight excluding hydrogens is 382 g/mol. The topological polar surface area (TPSA) is 47.9 Å².